The number of benzene rings is 2. The second-order valence-electron chi connectivity index (χ2n) is 6.26. The summed E-state index contributed by atoms with van der Waals surface area (Å²) < 4.78 is 0. The SMILES string of the molecule is Cl.Nc1cccc2c1CCCN2C(=O)CCNC(=O)Cc1ccccc1. The van der Waals surface area contributed by atoms with Crippen molar-refractivity contribution in [2.24, 2.45) is 0 Å². The van der Waals surface area contributed by atoms with Crippen LogP contribution in [0.15, 0.2) is 48.5 Å². The monoisotopic (exact) mass is 373 g/mol. The van der Waals surface area contributed by atoms with Crippen molar-refractivity contribution in [3.05, 3.63) is 59.7 Å². The molecule has 0 radical (unpaired) electrons. The Kier molecular flexibility index (Phi) is 7.04. The van der Waals surface area contributed by atoms with E-state index in [0.29, 0.717) is 19.5 Å². The predicted molar refractivity (Wildman–Crippen MR) is 107 cm³/mol. The van der Waals surface area contributed by atoms with E-state index in [2.05, 4.69) is 5.32 Å². The minimum Gasteiger partial charge on any atom is -0.398 e. The summed E-state index contributed by atoms with van der Waals surface area (Å²) >= 11 is 0. The fourth-order valence-electron chi connectivity index (χ4n) is 3.20. The molecule has 0 bridgehead atoms. The Morgan fingerprint density at radius 1 is 1.08 bits per heavy atom. The Hall–Kier alpha value is -2.53. The number of nitrogens with two attached hydrogens (primary N) is 1. The lowest BCUT2D eigenvalue weighted by Crippen LogP contribution is -2.38. The molecule has 2 amide bonds. The number of halogens is 1. The lowest BCUT2D eigenvalue weighted by Gasteiger charge is -2.30. The van der Waals surface area contributed by atoms with Crippen molar-refractivity contribution in [1.82, 2.24) is 5.32 Å². The molecule has 2 aromatic carbocycles. The van der Waals surface area contributed by atoms with Gasteiger partial charge in [-0.05, 0) is 36.1 Å². The maximum atomic E-state index is 12.5. The molecule has 5 nitrogen and oxygen atoms in total. The van der Waals surface area contributed by atoms with Gasteiger partial charge in [0.1, 0.15) is 0 Å². The van der Waals surface area contributed by atoms with E-state index in [4.69, 9.17) is 5.73 Å². The molecule has 0 saturated carbocycles. The number of nitrogen functional groups attached to an aromatic ring is 1. The van der Waals surface area contributed by atoms with Gasteiger partial charge in [-0.2, -0.15) is 0 Å². The summed E-state index contributed by atoms with van der Waals surface area (Å²) in [5, 5.41) is 2.83. The molecule has 138 valence electrons. The highest BCUT2D eigenvalue weighted by Gasteiger charge is 2.23. The molecule has 0 aliphatic carbocycles. The fraction of sp³-hybridized carbons (Fsp3) is 0.300. The van der Waals surface area contributed by atoms with Gasteiger partial charge in [0, 0.05) is 30.9 Å². The quantitative estimate of drug-likeness (QED) is 0.791. The van der Waals surface area contributed by atoms with Gasteiger partial charge in [-0.1, -0.05) is 36.4 Å². The number of nitrogens with zero attached hydrogens (tertiary/aromatic N) is 1. The molecule has 0 unspecified atom stereocenters. The van der Waals surface area contributed by atoms with Gasteiger partial charge in [-0.15, -0.1) is 12.4 Å². The van der Waals surface area contributed by atoms with Crippen LogP contribution in [0, 0.1) is 0 Å². The number of carbonyl (C=O) groups excluding carboxylic acids is 2. The van der Waals surface area contributed by atoms with Crippen molar-refractivity contribution < 1.29 is 9.59 Å². The van der Waals surface area contributed by atoms with Crippen LogP contribution in [-0.2, 0) is 22.4 Å². The maximum Gasteiger partial charge on any atom is 0.228 e. The van der Waals surface area contributed by atoms with Gasteiger partial charge < -0.3 is 16.0 Å². The minimum absolute atomic E-state index is 0. The molecule has 0 atom stereocenters. The van der Waals surface area contributed by atoms with Crippen LogP contribution in [0.25, 0.3) is 0 Å². The number of amides is 2. The van der Waals surface area contributed by atoms with Gasteiger partial charge in [-0.25, -0.2) is 0 Å². The summed E-state index contributed by atoms with van der Waals surface area (Å²) in [7, 11) is 0. The average molecular weight is 374 g/mol. The minimum atomic E-state index is -0.0673. The zero-order chi connectivity index (χ0) is 17.6. The molecule has 6 heteroatoms. The molecule has 0 fully saturated rings. The molecule has 1 aliphatic rings. The first-order valence-corrected chi connectivity index (χ1v) is 8.63. The highest BCUT2D eigenvalue weighted by molar-refractivity contribution is 5.95. The van der Waals surface area contributed by atoms with Crippen molar-refractivity contribution in [1.29, 1.82) is 0 Å². The molecular weight excluding hydrogens is 350 g/mol. The summed E-state index contributed by atoms with van der Waals surface area (Å²) in [6, 6.07) is 15.3. The van der Waals surface area contributed by atoms with Gasteiger partial charge in [0.25, 0.3) is 0 Å². The molecule has 3 rings (SSSR count). The smallest absolute Gasteiger partial charge is 0.228 e. The van der Waals surface area contributed by atoms with Gasteiger partial charge in [0.05, 0.1) is 6.42 Å². The third-order valence-corrected chi connectivity index (χ3v) is 4.46. The molecule has 0 saturated heterocycles. The number of rotatable bonds is 5. The molecule has 0 spiro atoms. The van der Waals surface area contributed by atoms with Crippen LogP contribution >= 0.6 is 12.4 Å². The Labute approximate surface area is 160 Å². The first kappa shape index (κ1) is 19.8. The van der Waals surface area contributed by atoms with Gasteiger partial charge in [-0.3, -0.25) is 9.59 Å². The summed E-state index contributed by atoms with van der Waals surface area (Å²) in [5.74, 6) is -0.0474. The van der Waals surface area contributed by atoms with Crippen molar-refractivity contribution in [2.45, 2.75) is 25.7 Å². The number of nitrogens with one attached hydrogen (secondary N) is 1. The van der Waals surface area contributed by atoms with E-state index < -0.39 is 0 Å². The summed E-state index contributed by atoms with van der Waals surface area (Å²) in [6.07, 6.45) is 2.43. The van der Waals surface area contributed by atoms with Crippen LogP contribution in [0.3, 0.4) is 0 Å². The van der Waals surface area contributed by atoms with Crippen molar-refractivity contribution in [2.75, 3.05) is 23.7 Å². The first-order valence-electron chi connectivity index (χ1n) is 8.63. The van der Waals surface area contributed by atoms with Gasteiger partial charge >= 0.3 is 0 Å². The molecule has 0 aromatic heterocycles. The second-order valence-corrected chi connectivity index (χ2v) is 6.26. The lowest BCUT2D eigenvalue weighted by atomic mass is 9.99. The summed E-state index contributed by atoms with van der Waals surface area (Å²) in [5.41, 5.74) is 9.69. The highest BCUT2D eigenvalue weighted by Crippen LogP contribution is 2.31. The standard InChI is InChI=1S/C20H23N3O2.ClH/c21-17-9-4-10-18-16(17)8-5-13-23(18)20(25)11-12-22-19(24)14-15-6-2-1-3-7-15;/h1-4,6-7,9-10H,5,8,11-14,21H2,(H,22,24);1H. The van der Waals surface area contributed by atoms with E-state index in [1.165, 1.54) is 0 Å². The first-order chi connectivity index (χ1) is 12.1. The molecule has 26 heavy (non-hydrogen) atoms. The third kappa shape index (κ3) is 4.76. The number of anilines is 2. The summed E-state index contributed by atoms with van der Waals surface area (Å²) in [4.78, 5) is 26.3. The topological polar surface area (TPSA) is 75.4 Å². The fourth-order valence-corrected chi connectivity index (χ4v) is 3.20. The van der Waals surface area contributed by atoms with Crippen LogP contribution in [0.2, 0.25) is 0 Å². The predicted octanol–water partition coefficient (Wildman–Crippen LogP) is 2.72. The second kappa shape index (κ2) is 9.25. The van der Waals surface area contributed by atoms with E-state index in [-0.39, 0.29) is 30.6 Å². The zero-order valence-electron chi connectivity index (χ0n) is 14.6. The Bertz CT molecular complexity index is 765. The lowest BCUT2D eigenvalue weighted by molar-refractivity contribution is -0.121. The Balaban J connectivity index is 0.00000243. The Morgan fingerprint density at radius 3 is 2.62 bits per heavy atom. The molecule has 1 aliphatic heterocycles. The largest absolute Gasteiger partial charge is 0.398 e. The average Bonchev–Trinajstić information content (AvgIpc) is 2.62. The number of hydrogen-bond donors (Lipinski definition) is 2. The van der Waals surface area contributed by atoms with Crippen LogP contribution in [0.1, 0.15) is 24.0 Å². The normalized spacial score (nSPS) is 12.7. The number of carbonyl (C=O) groups is 2. The number of fused-ring (bicyclic) bond motifs is 1. The van der Waals surface area contributed by atoms with Crippen molar-refractivity contribution in [3.63, 3.8) is 0 Å². The van der Waals surface area contributed by atoms with E-state index in [1.54, 1.807) is 4.90 Å². The molecule has 2 aromatic rings. The maximum absolute atomic E-state index is 12.5. The van der Waals surface area contributed by atoms with E-state index >= 15 is 0 Å². The van der Waals surface area contributed by atoms with Gasteiger partial charge in [0.2, 0.25) is 11.8 Å². The van der Waals surface area contributed by atoms with E-state index in [9.17, 15) is 9.59 Å². The van der Waals surface area contributed by atoms with E-state index in [1.807, 2.05) is 48.5 Å². The number of hydrogen-bond acceptors (Lipinski definition) is 3. The van der Waals surface area contributed by atoms with Crippen LogP contribution in [-0.4, -0.2) is 24.9 Å². The van der Waals surface area contributed by atoms with Crippen LogP contribution in [0.4, 0.5) is 11.4 Å². The summed E-state index contributed by atoms with van der Waals surface area (Å²) in [6.45, 7) is 1.05. The van der Waals surface area contributed by atoms with Crippen LogP contribution in [0.5, 0.6) is 0 Å². The zero-order valence-corrected chi connectivity index (χ0v) is 15.4. The van der Waals surface area contributed by atoms with Crippen molar-refractivity contribution >= 4 is 35.6 Å². The molecule has 1 heterocycles. The highest BCUT2D eigenvalue weighted by atomic mass is 35.5. The molecular formula is C20H24ClN3O2. The Morgan fingerprint density at radius 2 is 1.85 bits per heavy atom. The van der Waals surface area contributed by atoms with Gasteiger partial charge in [0.15, 0.2) is 0 Å². The third-order valence-electron chi connectivity index (χ3n) is 4.46. The van der Waals surface area contributed by atoms with Crippen LogP contribution < -0.4 is 16.0 Å². The van der Waals surface area contributed by atoms with Crippen molar-refractivity contribution in [3.8, 4) is 0 Å². The molecule has 3 N–H and O–H groups in total. The van der Waals surface area contributed by atoms with E-state index in [0.717, 1.165) is 35.3 Å².